The maximum absolute atomic E-state index is 10.9. The zero-order valence-corrected chi connectivity index (χ0v) is 13.6. The summed E-state index contributed by atoms with van der Waals surface area (Å²) in [5.41, 5.74) is -0.0110. The number of nitrogens with zero attached hydrogens (tertiary/aromatic N) is 1. The molecule has 0 radical (unpaired) electrons. The Bertz CT molecular complexity index is 642. The van der Waals surface area contributed by atoms with Gasteiger partial charge >= 0.3 is 5.69 Å². The summed E-state index contributed by atoms with van der Waals surface area (Å²) in [4.78, 5) is 10.4. The van der Waals surface area contributed by atoms with E-state index in [1.165, 1.54) is 6.07 Å². The molecule has 0 saturated heterocycles. The molecule has 6 nitrogen and oxygen atoms in total. The van der Waals surface area contributed by atoms with E-state index in [2.05, 4.69) is 0 Å². The van der Waals surface area contributed by atoms with Gasteiger partial charge in [-0.05, 0) is 50.1 Å². The first kappa shape index (κ1) is 17.6. The highest BCUT2D eigenvalue weighted by molar-refractivity contribution is 5.45. The standard InChI is InChI=1S/C18H21NO5/c1-2-22-15-9-11-16(12-10-15)23-13-5-6-14-24-18-8-4-3-7-17(18)19(20)21/h3-4,7-12H,2,5-6,13-14H2,1H3. The van der Waals surface area contributed by atoms with Gasteiger partial charge < -0.3 is 14.2 Å². The van der Waals surface area contributed by atoms with Gasteiger partial charge in [-0.15, -0.1) is 0 Å². The van der Waals surface area contributed by atoms with Crippen LogP contribution in [0.5, 0.6) is 17.2 Å². The van der Waals surface area contributed by atoms with Crippen molar-refractivity contribution >= 4 is 5.69 Å². The third kappa shape index (κ3) is 5.46. The van der Waals surface area contributed by atoms with Gasteiger partial charge in [-0.1, -0.05) is 12.1 Å². The quantitative estimate of drug-likeness (QED) is 0.370. The zero-order chi connectivity index (χ0) is 17.2. The first-order valence-electron chi connectivity index (χ1n) is 7.92. The van der Waals surface area contributed by atoms with Crippen molar-refractivity contribution in [1.82, 2.24) is 0 Å². The van der Waals surface area contributed by atoms with Crippen molar-refractivity contribution < 1.29 is 19.1 Å². The Kier molecular flexibility index (Phi) is 6.89. The summed E-state index contributed by atoms with van der Waals surface area (Å²) >= 11 is 0. The van der Waals surface area contributed by atoms with Gasteiger partial charge in [0.2, 0.25) is 0 Å². The summed E-state index contributed by atoms with van der Waals surface area (Å²) in [5.74, 6) is 1.91. The molecule has 0 aliphatic carbocycles. The SMILES string of the molecule is CCOc1ccc(OCCCCOc2ccccc2[N+](=O)[O-])cc1. The van der Waals surface area contributed by atoms with E-state index in [1.54, 1.807) is 18.2 Å². The van der Waals surface area contributed by atoms with E-state index in [-0.39, 0.29) is 5.69 Å². The molecule has 0 heterocycles. The van der Waals surface area contributed by atoms with Crippen LogP contribution in [-0.4, -0.2) is 24.7 Å². The summed E-state index contributed by atoms with van der Waals surface area (Å²) in [6.45, 7) is 3.56. The summed E-state index contributed by atoms with van der Waals surface area (Å²) in [5, 5.41) is 10.9. The van der Waals surface area contributed by atoms with Gasteiger partial charge in [0.15, 0.2) is 5.75 Å². The Balaban J connectivity index is 1.66. The molecule has 2 aromatic rings. The molecule has 128 valence electrons. The Morgan fingerprint density at radius 1 is 0.875 bits per heavy atom. The lowest BCUT2D eigenvalue weighted by molar-refractivity contribution is -0.385. The van der Waals surface area contributed by atoms with Crippen LogP contribution in [0.1, 0.15) is 19.8 Å². The molecule has 0 aliphatic heterocycles. The number of unbranched alkanes of at least 4 members (excludes halogenated alkanes) is 1. The molecule has 0 aromatic heterocycles. The van der Waals surface area contributed by atoms with Crippen LogP contribution >= 0.6 is 0 Å². The second-order valence-electron chi connectivity index (χ2n) is 5.03. The Labute approximate surface area is 141 Å². The van der Waals surface area contributed by atoms with Gasteiger partial charge in [-0.2, -0.15) is 0 Å². The second kappa shape index (κ2) is 9.39. The van der Waals surface area contributed by atoms with Gasteiger partial charge in [0.1, 0.15) is 11.5 Å². The molecular formula is C18H21NO5. The van der Waals surface area contributed by atoms with Crippen LogP contribution in [-0.2, 0) is 0 Å². The molecule has 6 heteroatoms. The lowest BCUT2D eigenvalue weighted by Crippen LogP contribution is -2.04. The summed E-state index contributed by atoms with van der Waals surface area (Å²) in [6, 6.07) is 13.9. The number of nitro benzene ring substituents is 1. The highest BCUT2D eigenvalue weighted by Crippen LogP contribution is 2.25. The number of rotatable bonds is 10. The van der Waals surface area contributed by atoms with Crippen molar-refractivity contribution in [2.24, 2.45) is 0 Å². The van der Waals surface area contributed by atoms with Gasteiger partial charge in [-0.25, -0.2) is 0 Å². The normalized spacial score (nSPS) is 10.2. The molecule has 0 N–H and O–H groups in total. The number of nitro groups is 1. The molecule has 2 rings (SSSR count). The maximum atomic E-state index is 10.9. The zero-order valence-electron chi connectivity index (χ0n) is 13.6. The van der Waals surface area contributed by atoms with Crippen LogP contribution < -0.4 is 14.2 Å². The van der Waals surface area contributed by atoms with E-state index in [4.69, 9.17) is 14.2 Å². The number of hydrogen-bond donors (Lipinski definition) is 0. The van der Waals surface area contributed by atoms with Crippen molar-refractivity contribution in [2.45, 2.75) is 19.8 Å². The van der Waals surface area contributed by atoms with Crippen molar-refractivity contribution in [1.29, 1.82) is 0 Å². The topological polar surface area (TPSA) is 70.8 Å². The second-order valence-corrected chi connectivity index (χ2v) is 5.03. The van der Waals surface area contributed by atoms with E-state index in [1.807, 2.05) is 31.2 Å². The van der Waals surface area contributed by atoms with Crippen LogP contribution in [0, 0.1) is 10.1 Å². The Morgan fingerprint density at radius 3 is 2.08 bits per heavy atom. The molecule has 0 saturated carbocycles. The summed E-state index contributed by atoms with van der Waals surface area (Å²) in [7, 11) is 0. The maximum Gasteiger partial charge on any atom is 0.310 e. The van der Waals surface area contributed by atoms with E-state index < -0.39 is 4.92 Å². The van der Waals surface area contributed by atoms with Gasteiger partial charge in [0, 0.05) is 6.07 Å². The van der Waals surface area contributed by atoms with Crippen molar-refractivity contribution in [3.8, 4) is 17.2 Å². The molecule has 2 aromatic carbocycles. The molecule has 0 fully saturated rings. The first-order chi connectivity index (χ1) is 11.7. The molecule has 0 aliphatic rings. The molecule has 24 heavy (non-hydrogen) atoms. The summed E-state index contributed by atoms with van der Waals surface area (Å²) in [6.07, 6.45) is 1.55. The van der Waals surface area contributed by atoms with Gasteiger partial charge in [0.05, 0.1) is 24.7 Å². The largest absolute Gasteiger partial charge is 0.494 e. The molecule has 0 atom stereocenters. The predicted octanol–water partition coefficient (Wildman–Crippen LogP) is 4.23. The number of ether oxygens (including phenoxy) is 3. The fraction of sp³-hybridized carbons (Fsp3) is 0.333. The van der Waals surface area contributed by atoms with Gasteiger partial charge in [0.25, 0.3) is 0 Å². The fourth-order valence-corrected chi connectivity index (χ4v) is 2.11. The minimum absolute atomic E-state index is 0.0110. The van der Waals surface area contributed by atoms with Crippen molar-refractivity contribution in [3.63, 3.8) is 0 Å². The van der Waals surface area contributed by atoms with Crippen LogP contribution in [0.15, 0.2) is 48.5 Å². The number of hydrogen-bond acceptors (Lipinski definition) is 5. The monoisotopic (exact) mass is 331 g/mol. The number of para-hydroxylation sites is 2. The van der Waals surface area contributed by atoms with E-state index in [0.717, 1.165) is 24.3 Å². The first-order valence-corrected chi connectivity index (χ1v) is 7.92. The van der Waals surface area contributed by atoms with Crippen molar-refractivity contribution in [3.05, 3.63) is 58.6 Å². The minimum atomic E-state index is -0.440. The minimum Gasteiger partial charge on any atom is -0.494 e. The third-order valence-electron chi connectivity index (χ3n) is 3.26. The van der Waals surface area contributed by atoms with Crippen LogP contribution in [0.25, 0.3) is 0 Å². The average molecular weight is 331 g/mol. The number of benzene rings is 2. The lowest BCUT2D eigenvalue weighted by Gasteiger charge is -2.09. The lowest BCUT2D eigenvalue weighted by atomic mass is 10.3. The highest BCUT2D eigenvalue weighted by Gasteiger charge is 2.12. The van der Waals surface area contributed by atoms with E-state index in [0.29, 0.717) is 25.6 Å². The van der Waals surface area contributed by atoms with E-state index in [9.17, 15) is 10.1 Å². The third-order valence-corrected chi connectivity index (χ3v) is 3.26. The van der Waals surface area contributed by atoms with E-state index >= 15 is 0 Å². The fourth-order valence-electron chi connectivity index (χ4n) is 2.11. The van der Waals surface area contributed by atoms with Crippen LogP contribution in [0.4, 0.5) is 5.69 Å². The molecule has 0 unspecified atom stereocenters. The Hall–Kier alpha value is -2.76. The smallest absolute Gasteiger partial charge is 0.310 e. The molecule has 0 bridgehead atoms. The van der Waals surface area contributed by atoms with Crippen LogP contribution in [0.3, 0.4) is 0 Å². The highest BCUT2D eigenvalue weighted by atomic mass is 16.6. The van der Waals surface area contributed by atoms with Gasteiger partial charge in [-0.3, -0.25) is 10.1 Å². The Morgan fingerprint density at radius 2 is 1.46 bits per heavy atom. The van der Waals surface area contributed by atoms with Crippen molar-refractivity contribution in [2.75, 3.05) is 19.8 Å². The molecular weight excluding hydrogens is 310 g/mol. The summed E-state index contributed by atoms with van der Waals surface area (Å²) < 4.78 is 16.5. The molecule has 0 spiro atoms. The van der Waals surface area contributed by atoms with Crippen LogP contribution in [0.2, 0.25) is 0 Å². The predicted molar refractivity (Wildman–Crippen MR) is 90.9 cm³/mol. The molecule has 0 amide bonds. The average Bonchev–Trinajstić information content (AvgIpc) is 2.60.